The lowest BCUT2D eigenvalue weighted by atomic mass is 9.76. The van der Waals surface area contributed by atoms with Crippen LogP contribution in [0.25, 0.3) is 0 Å². The van der Waals surface area contributed by atoms with E-state index >= 15 is 0 Å². The maximum Gasteiger partial charge on any atom is 0.137 e. The van der Waals surface area contributed by atoms with E-state index in [0.29, 0.717) is 6.54 Å². The lowest BCUT2D eigenvalue weighted by molar-refractivity contribution is -0.0893. The first-order chi connectivity index (χ1) is 9.80. The highest BCUT2D eigenvalue weighted by Gasteiger charge is 2.40. The Hall–Kier alpha value is -1.88. The molecule has 5 heteroatoms. The normalized spacial score (nSPS) is 14.7. The molecule has 1 heterocycles. The van der Waals surface area contributed by atoms with Gasteiger partial charge in [-0.2, -0.15) is 5.10 Å². The lowest BCUT2D eigenvalue weighted by Crippen LogP contribution is -2.49. The first-order valence-corrected chi connectivity index (χ1v) is 7.04. The maximum absolute atomic E-state index is 10.8. The molecule has 0 radical (unpaired) electrons. The zero-order chi connectivity index (χ0) is 15.5. The van der Waals surface area contributed by atoms with Gasteiger partial charge in [-0.15, -0.1) is 0 Å². The number of aliphatic hydroxyl groups is 1. The number of aryl methyl sites for hydroxylation is 1. The molecule has 2 aromatic rings. The summed E-state index contributed by atoms with van der Waals surface area (Å²) in [6.45, 7) is 8.59. The Bertz CT molecular complexity index is 560. The second-order valence-corrected chi connectivity index (χ2v) is 6.35. The number of ether oxygens (including phenoxy) is 1. The van der Waals surface area contributed by atoms with Gasteiger partial charge in [0.1, 0.15) is 30.6 Å². The third-order valence-corrected chi connectivity index (χ3v) is 4.02. The first kappa shape index (κ1) is 15.5. The molecule has 2 rings (SSSR count). The Kier molecular flexibility index (Phi) is 4.32. The third-order valence-electron chi connectivity index (χ3n) is 4.02. The largest absolute Gasteiger partial charge is 0.491 e. The van der Waals surface area contributed by atoms with E-state index in [0.717, 1.165) is 5.75 Å². The fourth-order valence-electron chi connectivity index (χ4n) is 1.94. The number of aromatic nitrogens is 3. The molecule has 21 heavy (non-hydrogen) atoms. The summed E-state index contributed by atoms with van der Waals surface area (Å²) in [5.41, 5.74) is -0.226. The Morgan fingerprint density at radius 3 is 2.43 bits per heavy atom. The van der Waals surface area contributed by atoms with Crippen molar-refractivity contribution in [3.8, 4) is 5.75 Å². The van der Waals surface area contributed by atoms with Crippen LogP contribution in [0.4, 0.5) is 0 Å². The van der Waals surface area contributed by atoms with Gasteiger partial charge in [-0.25, -0.2) is 4.98 Å². The number of hydrogen-bond acceptors (Lipinski definition) is 4. The molecule has 114 valence electrons. The average Bonchev–Trinajstić information content (AvgIpc) is 2.90. The van der Waals surface area contributed by atoms with Gasteiger partial charge in [-0.05, 0) is 26.0 Å². The van der Waals surface area contributed by atoms with Gasteiger partial charge in [0.05, 0.1) is 6.54 Å². The number of hydrogen-bond donors (Lipinski definition) is 1. The van der Waals surface area contributed by atoms with Crippen molar-refractivity contribution in [3.63, 3.8) is 0 Å². The Balaban J connectivity index is 2.00. The van der Waals surface area contributed by atoms with Crippen molar-refractivity contribution in [1.82, 2.24) is 14.8 Å². The molecule has 0 aliphatic carbocycles. The summed E-state index contributed by atoms with van der Waals surface area (Å²) in [5, 5.41) is 14.9. The Morgan fingerprint density at radius 2 is 1.86 bits per heavy atom. The number of nitrogens with zero attached hydrogens (tertiary/aromatic N) is 3. The second kappa shape index (κ2) is 5.85. The highest BCUT2D eigenvalue weighted by molar-refractivity contribution is 5.26. The van der Waals surface area contributed by atoms with E-state index in [1.54, 1.807) is 17.9 Å². The first-order valence-electron chi connectivity index (χ1n) is 7.04. The highest BCUT2D eigenvalue weighted by Crippen LogP contribution is 2.33. The van der Waals surface area contributed by atoms with Crippen LogP contribution in [-0.4, -0.2) is 32.1 Å². The SMILES string of the molecule is Cc1ccc(OCC(C)(O)C(C)(C)Cn2cncn2)cc1. The fourth-order valence-corrected chi connectivity index (χ4v) is 1.94. The molecule has 5 nitrogen and oxygen atoms in total. The maximum atomic E-state index is 10.8. The van der Waals surface area contributed by atoms with Crippen LogP contribution in [-0.2, 0) is 6.54 Å². The molecule has 0 fully saturated rings. The van der Waals surface area contributed by atoms with Crippen molar-refractivity contribution in [2.24, 2.45) is 5.41 Å². The van der Waals surface area contributed by atoms with Crippen molar-refractivity contribution in [1.29, 1.82) is 0 Å². The van der Waals surface area contributed by atoms with Crippen molar-refractivity contribution in [3.05, 3.63) is 42.5 Å². The van der Waals surface area contributed by atoms with E-state index in [2.05, 4.69) is 10.1 Å². The van der Waals surface area contributed by atoms with Crippen LogP contribution in [0, 0.1) is 12.3 Å². The molecule has 0 saturated heterocycles. The standard InChI is InChI=1S/C16H23N3O2/c1-13-5-7-14(8-6-13)21-10-16(4,20)15(2,3)9-19-12-17-11-18-19/h5-8,11-12,20H,9-10H2,1-4H3. The molecule has 1 aromatic heterocycles. The van der Waals surface area contributed by atoms with Crippen LogP contribution in [0.1, 0.15) is 26.3 Å². The minimum Gasteiger partial charge on any atom is -0.491 e. The van der Waals surface area contributed by atoms with E-state index in [4.69, 9.17) is 4.74 Å². The second-order valence-electron chi connectivity index (χ2n) is 6.35. The minimum atomic E-state index is -0.996. The minimum absolute atomic E-state index is 0.220. The molecule has 1 unspecified atom stereocenters. The lowest BCUT2D eigenvalue weighted by Gasteiger charge is -2.39. The molecular formula is C16H23N3O2. The molecule has 0 bridgehead atoms. The fraction of sp³-hybridized carbons (Fsp3) is 0.500. The Labute approximate surface area is 125 Å². The smallest absolute Gasteiger partial charge is 0.137 e. The zero-order valence-corrected chi connectivity index (χ0v) is 13.1. The van der Waals surface area contributed by atoms with Gasteiger partial charge in [0.15, 0.2) is 0 Å². The predicted molar refractivity (Wildman–Crippen MR) is 81.1 cm³/mol. The number of benzene rings is 1. The van der Waals surface area contributed by atoms with E-state index in [9.17, 15) is 5.11 Å². The van der Waals surface area contributed by atoms with Crippen LogP contribution < -0.4 is 4.74 Å². The van der Waals surface area contributed by atoms with Crippen LogP contribution in [0.2, 0.25) is 0 Å². The quantitative estimate of drug-likeness (QED) is 0.887. The van der Waals surface area contributed by atoms with Crippen LogP contribution in [0.3, 0.4) is 0 Å². The third kappa shape index (κ3) is 3.82. The van der Waals surface area contributed by atoms with Crippen molar-refractivity contribution >= 4 is 0 Å². The van der Waals surface area contributed by atoms with Gasteiger partial charge < -0.3 is 9.84 Å². The van der Waals surface area contributed by atoms with Crippen molar-refractivity contribution in [2.75, 3.05) is 6.61 Å². The summed E-state index contributed by atoms with van der Waals surface area (Å²) in [6.07, 6.45) is 3.15. The summed E-state index contributed by atoms with van der Waals surface area (Å²) >= 11 is 0. The van der Waals surface area contributed by atoms with Gasteiger partial charge in [-0.3, -0.25) is 4.68 Å². The summed E-state index contributed by atoms with van der Waals surface area (Å²) in [5.74, 6) is 0.762. The van der Waals surface area contributed by atoms with Gasteiger partial charge in [0, 0.05) is 5.41 Å². The molecule has 0 saturated carbocycles. The summed E-state index contributed by atoms with van der Waals surface area (Å²) < 4.78 is 7.46. The number of rotatable bonds is 6. The van der Waals surface area contributed by atoms with E-state index in [1.807, 2.05) is 45.0 Å². The highest BCUT2D eigenvalue weighted by atomic mass is 16.5. The molecule has 0 amide bonds. The van der Waals surface area contributed by atoms with E-state index in [1.165, 1.54) is 11.9 Å². The molecular weight excluding hydrogens is 266 g/mol. The zero-order valence-electron chi connectivity index (χ0n) is 13.1. The van der Waals surface area contributed by atoms with Gasteiger partial charge in [0.25, 0.3) is 0 Å². The summed E-state index contributed by atoms with van der Waals surface area (Å²) in [4.78, 5) is 3.93. The molecule has 1 atom stereocenters. The monoisotopic (exact) mass is 289 g/mol. The molecule has 0 spiro atoms. The van der Waals surface area contributed by atoms with Gasteiger partial charge in [0.2, 0.25) is 0 Å². The molecule has 0 aliphatic rings. The topological polar surface area (TPSA) is 60.2 Å². The van der Waals surface area contributed by atoms with E-state index in [-0.39, 0.29) is 6.61 Å². The molecule has 0 aliphatic heterocycles. The van der Waals surface area contributed by atoms with Gasteiger partial charge in [-0.1, -0.05) is 31.5 Å². The Morgan fingerprint density at radius 1 is 1.19 bits per heavy atom. The van der Waals surface area contributed by atoms with Crippen LogP contribution >= 0.6 is 0 Å². The molecule has 1 N–H and O–H groups in total. The average molecular weight is 289 g/mol. The van der Waals surface area contributed by atoms with Gasteiger partial charge >= 0.3 is 0 Å². The summed E-state index contributed by atoms with van der Waals surface area (Å²) in [6, 6.07) is 7.81. The van der Waals surface area contributed by atoms with E-state index < -0.39 is 11.0 Å². The summed E-state index contributed by atoms with van der Waals surface area (Å²) in [7, 11) is 0. The van der Waals surface area contributed by atoms with Crippen LogP contribution in [0.5, 0.6) is 5.75 Å². The molecule has 1 aromatic carbocycles. The van der Waals surface area contributed by atoms with Crippen LogP contribution in [0.15, 0.2) is 36.9 Å². The van der Waals surface area contributed by atoms with Crippen molar-refractivity contribution < 1.29 is 9.84 Å². The van der Waals surface area contributed by atoms with Crippen molar-refractivity contribution in [2.45, 2.75) is 39.8 Å². The predicted octanol–water partition coefficient (Wildman–Crippen LogP) is 2.44.